The van der Waals surface area contributed by atoms with E-state index in [1.807, 2.05) is 35.0 Å². The first kappa shape index (κ1) is 13.0. The van der Waals surface area contributed by atoms with Crippen LogP contribution in [0.15, 0.2) is 35.0 Å². The number of fused-ring (bicyclic) bond motifs is 1. The summed E-state index contributed by atoms with van der Waals surface area (Å²) in [6.45, 7) is 1.66. The number of carbonyl (C=O) groups excluding carboxylic acids is 1. The van der Waals surface area contributed by atoms with Gasteiger partial charge in [-0.05, 0) is 40.1 Å². The van der Waals surface area contributed by atoms with Gasteiger partial charge in [-0.3, -0.25) is 4.79 Å². The lowest BCUT2D eigenvalue weighted by atomic mass is 10.2. The molecule has 0 atom stereocenters. The summed E-state index contributed by atoms with van der Waals surface area (Å²) in [5, 5.41) is 6.88. The Hall–Kier alpha value is -2.01. The second-order valence-electron chi connectivity index (χ2n) is 4.56. The van der Waals surface area contributed by atoms with Gasteiger partial charge in [0.1, 0.15) is 13.2 Å². The summed E-state index contributed by atoms with van der Waals surface area (Å²) in [7, 11) is 0. The molecule has 0 unspecified atom stereocenters. The SMILES string of the molecule is O=C(Cc1ccsc1)NCc1ccc2c(c1)OCCO2. The van der Waals surface area contributed by atoms with Crippen molar-refractivity contribution in [2.24, 2.45) is 0 Å². The standard InChI is InChI=1S/C15H15NO3S/c17-15(8-12-3-6-20-10-12)16-9-11-1-2-13-14(7-11)19-5-4-18-13/h1-3,6-7,10H,4-5,8-9H2,(H,16,17). The van der Waals surface area contributed by atoms with E-state index in [1.165, 1.54) is 0 Å². The molecule has 2 heterocycles. The largest absolute Gasteiger partial charge is 0.486 e. The summed E-state index contributed by atoms with van der Waals surface area (Å²) in [4.78, 5) is 11.8. The van der Waals surface area contributed by atoms with E-state index in [0.717, 1.165) is 22.6 Å². The molecule has 5 heteroatoms. The molecule has 1 aliphatic heterocycles. The van der Waals surface area contributed by atoms with Gasteiger partial charge in [-0.25, -0.2) is 0 Å². The Morgan fingerprint density at radius 1 is 1.15 bits per heavy atom. The van der Waals surface area contributed by atoms with E-state index in [9.17, 15) is 4.79 Å². The topological polar surface area (TPSA) is 47.6 Å². The minimum absolute atomic E-state index is 0.0262. The summed E-state index contributed by atoms with van der Waals surface area (Å²) in [6, 6.07) is 7.71. The summed E-state index contributed by atoms with van der Waals surface area (Å²) in [6.07, 6.45) is 0.425. The van der Waals surface area contributed by atoms with Gasteiger partial charge in [0, 0.05) is 6.54 Å². The van der Waals surface area contributed by atoms with E-state index in [-0.39, 0.29) is 5.91 Å². The lowest BCUT2D eigenvalue weighted by Gasteiger charge is -2.18. The van der Waals surface area contributed by atoms with Crippen LogP contribution in [0.2, 0.25) is 0 Å². The van der Waals surface area contributed by atoms with E-state index >= 15 is 0 Å². The van der Waals surface area contributed by atoms with Gasteiger partial charge in [0.25, 0.3) is 0 Å². The Kier molecular flexibility index (Phi) is 3.87. The lowest BCUT2D eigenvalue weighted by molar-refractivity contribution is -0.120. The minimum Gasteiger partial charge on any atom is -0.486 e. The number of rotatable bonds is 4. The Labute approximate surface area is 121 Å². The Morgan fingerprint density at radius 3 is 2.80 bits per heavy atom. The molecule has 0 bridgehead atoms. The third-order valence-electron chi connectivity index (χ3n) is 3.04. The number of amides is 1. The third-order valence-corrected chi connectivity index (χ3v) is 3.77. The van der Waals surface area contributed by atoms with Crippen LogP contribution in [0, 0.1) is 0 Å². The van der Waals surface area contributed by atoms with E-state index in [0.29, 0.717) is 26.2 Å². The number of carbonyl (C=O) groups is 1. The molecule has 3 rings (SSSR count). The van der Waals surface area contributed by atoms with E-state index in [2.05, 4.69) is 5.32 Å². The maximum atomic E-state index is 11.8. The van der Waals surface area contributed by atoms with Gasteiger partial charge in [0.15, 0.2) is 11.5 Å². The first-order valence-electron chi connectivity index (χ1n) is 6.47. The highest BCUT2D eigenvalue weighted by Crippen LogP contribution is 2.30. The fourth-order valence-corrected chi connectivity index (χ4v) is 2.71. The zero-order valence-electron chi connectivity index (χ0n) is 10.9. The highest BCUT2D eigenvalue weighted by atomic mass is 32.1. The van der Waals surface area contributed by atoms with Crippen LogP contribution in [0.5, 0.6) is 11.5 Å². The normalized spacial score (nSPS) is 13.0. The van der Waals surface area contributed by atoms with Crippen LogP contribution in [0.25, 0.3) is 0 Å². The quantitative estimate of drug-likeness (QED) is 0.940. The highest BCUT2D eigenvalue weighted by Gasteiger charge is 2.12. The fraction of sp³-hybridized carbons (Fsp3) is 0.267. The molecule has 1 aliphatic rings. The van der Waals surface area contributed by atoms with Crippen LogP contribution in [-0.2, 0) is 17.8 Å². The van der Waals surface area contributed by atoms with E-state index in [4.69, 9.17) is 9.47 Å². The second kappa shape index (κ2) is 5.96. The fourth-order valence-electron chi connectivity index (χ4n) is 2.04. The number of benzene rings is 1. The molecule has 0 aliphatic carbocycles. The van der Waals surface area contributed by atoms with Crippen molar-refractivity contribution in [2.45, 2.75) is 13.0 Å². The molecule has 0 radical (unpaired) electrons. The zero-order valence-corrected chi connectivity index (χ0v) is 11.7. The molecule has 2 aromatic rings. The van der Waals surface area contributed by atoms with Gasteiger partial charge in [-0.2, -0.15) is 11.3 Å². The van der Waals surface area contributed by atoms with Crippen LogP contribution < -0.4 is 14.8 Å². The van der Waals surface area contributed by atoms with Crippen LogP contribution in [-0.4, -0.2) is 19.1 Å². The molecule has 20 heavy (non-hydrogen) atoms. The maximum Gasteiger partial charge on any atom is 0.224 e. The van der Waals surface area contributed by atoms with Crippen molar-refractivity contribution in [2.75, 3.05) is 13.2 Å². The van der Waals surface area contributed by atoms with Crippen LogP contribution >= 0.6 is 11.3 Å². The molecule has 104 valence electrons. The number of hydrogen-bond acceptors (Lipinski definition) is 4. The van der Waals surface area contributed by atoms with E-state index < -0.39 is 0 Å². The molecular weight excluding hydrogens is 274 g/mol. The first-order valence-corrected chi connectivity index (χ1v) is 7.42. The van der Waals surface area contributed by atoms with Gasteiger partial charge in [-0.15, -0.1) is 0 Å². The Bertz CT molecular complexity index is 595. The van der Waals surface area contributed by atoms with Crippen molar-refractivity contribution >= 4 is 17.2 Å². The summed E-state index contributed by atoms with van der Waals surface area (Å²) in [5.41, 5.74) is 2.06. The lowest BCUT2D eigenvalue weighted by Crippen LogP contribution is -2.24. The molecule has 1 N–H and O–H groups in total. The van der Waals surface area contributed by atoms with Crippen LogP contribution in [0.4, 0.5) is 0 Å². The maximum absolute atomic E-state index is 11.8. The molecule has 1 amide bonds. The molecule has 0 spiro atoms. The minimum atomic E-state index is 0.0262. The average Bonchev–Trinajstić information content (AvgIpc) is 2.98. The summed E-state index contributed by atoms with van der Waals surface area (Å²) in [5.74, 6) is 1.55. The molecule has 4 nitrogen and oxygen atoms in total. The van der Waals surface area contributed by atoms with Crippen LogP contribution in [0.3, 0.4) is 0 Å². The average molecular weight is 289 g/mol. The van der Waals surface area contributed by atoms with Crippen molar-refractivity contribution in [3.8, 4) is 11.5 Å². The molecule has 0 saturated carbocycles. The van der Waals surface area contributed by atoms with Crippen LogP contribution in [0.1, 0.15) is 11.1 Å². The summed E-state index contributed by atoms with van der Waals surface area (Å²) >= 11 is 1.60. The highest BCUT2D eigenvalue weighted by molar-refractivity contribution is 7.07. The molecular formula is C15H15NO3S. The summed E-state index contributed by atoms with van der Waals surface area (Å²) < 4.78 is 11.0. The smallest absolute Gasteiger partial charge is 0.224 e. The van der Waals surface area contributed by atoms with Crippen molar-refractivity contribution in [1.82, 2.24) is 5.32 Å². The van der Waals surface area contributed by atoms with Gasteiger partial charge < -0.3 is 14.8 Å². The predicted octanol–water partition coefficient (Wildman–Crippen LogP) is 2.38. The number of thiophene rings is 1. The van der Waals surface area contributed by atoms with Gasteiger partial charge in [-0.1, -0.05) is 6.07 Å². The monoisotopic (exact) mass is 289 g/mol. The van der Waals surface area contributed by atoms with Gasteiger partial charge in [0.05, 0.1) is 6.42 Å². The Balaban J connectivity index is 1.56. The second-order valence-corrected chi connectivity index (χ2v) is 5.34. The van der Waals surface area contributed by atoms with Crippen molar-refractivity contribution in [1.29, 1.82) is 0 Å². The molecule has 1 aromatic heterocycles. The first-order chi connectivity index (χ1) is 9.81. The Morgan fingerprint density at radius 2 is 2.00 bits per heavy atom. The number of nitrogens with one attached hydrogen (secondary N) is 1. The molecule has 0 fully saturated rings. The molecule has 0 saturated heterocycles. The number of hydrogen-bond donors (Lipinski definition) is 1. The third kappa shape index (κ3) is 3.11. The van der Waals surface area contributed by atoms with Crippen molar-refractivity contribution in [3.63, 3.8) is 0 Å². The van der Waals surface area contributed by atoms with Crippen molar-refractivity contribution < 1.29 is 14.3 Å². The van der Waals surface area contributed by atoms with E-state index in [1.54, 1.807) is 11.3 Å². The predicted molar refractivity (Wildman–Crippen MR) is 77.3 cm³/mol. The van der Waals surface area contributed by atoms with Gasteiger partial charge >= 0.3 is 0 Å². The zero-order chi connectivity index (χ0) is 13.8. The van der Waals surface area contributed by atoms with Crippen molar-refractivity contribution in [3.05, 3.63) is 46.2 Å². The molecule has 1 aromatic carbocycles. The number of ether oxygens (including phenoxy) is 2. The van der Waals surface area contributed by atoms with Gasteiger partial charge in [0.2, 0.25) is 5.91 Å².